The summed E-state index contributed by atoms with van der Waals surface area (Å²) in [4.78, 5) is 28.5. The molecule has 6 heteroatoms. The van der Waals surface area contributed by atoms with Crippen molar-refractivity contribution in [1.29, 1.82) is 0 Å². The van der Waals surface area contributed by atoms with Crippen molar-refractivity contribution < 1.29 is 13.6 Å². The van der Waals surface area contributed by atoms with Crippen LogP contribution in [0.4, 0.5) is 0 Å². The number of hydrogen-bond acceptors (Lipinski definition) is 4. The number of amides is 1. The summed E-state index contributed by atoms with van der Waals surface area (Å²) in [6.45, 7) is 2.10. The standard InChI is InChI=1S/C25H20N2O4/c1-15-12-21(28)25-24(30-15)19(23(31-25)16-6-3-2-4-7-16)13-22(29)27-14-17-8-5-9-20-18(17)10-11-26-20/h2-12,26H,13-14H2,1H3,(H,27,29). The highest BCUT2D eigenvalue weighted by Crippen LogP contribution is 2.33. The summed E-state index contributed by atoms with van der Waals surface area (Å²) in [6.07, 6.45) is 1.91. The monoisotopic (exact) mass is 412 g/mol. The summed E-state index contributed by atoms with van der Waals surface area (Å²) in [5.41, 5.74) is 3.59. The molecule has 0 aliphatic carbocycles. The summed E-state index contributed by atoms with van der Waals surface area (Å²) >= 11 is 0. The summed E-state index contributed by atoms with van der Waals surface area (Å²) in [6, 6.07) is 18.7. The molecule has 3 heterocycles. The second-order valence-corrected chi connectivity index (χ2v) is 7.46. The number of carbonyl (C=O) groups is 1. The van der Waals surface area contributed by atoms with E-state index in [0.29, 0.717) is 29.2 Å². The molecule has 0 atom stereocenters. The molecule has 6 nitrogen and oxygen atoms in total. The zero-order chi connectivity index (χ0) is 21.4. The third kappa shape index (κ3) is 3.53. The molecule has 0 bridgehead atoms. The molecule has 5 rings (SSSR count). The van der Waals surface area contributed by atoms with Crippen LogP contribution in [-0.4, -0.2) is 10.9 Å². The first-order chi connectivity index (χ1) is 15.1. The van der Waals surface area contributed by atoms with Crippen molar-refractivity contribution in [2.75, 3.05) is 0 Å². The molecular formula is C25H20N2O4. The van der Waals surface area contributed by atoms with Crippen molar-refractivity contribution in [2.45, 2.75) is 19.9 Å². The van der Waals surface area contributed by atoms with Crippen molar-refractivity contribution in [2.24, 2.45) is 0 Å². The molecular weight excluding hydrogens is 392 g/mol. The van der Waals surface area contributed by atoms with Crippen molar-refractivity contribution in [3.05, 3.63) is 94.0 Å². The number of hydrogen-bond donors (Lipinski definition) is 2. The van der Waals surface area contributed by atoms with Gasteiger partial charge in [0.05, 0.1) is 12.0 Å². The SMILES string of the molecule is Cc1cc(=O)c2oc(-c3ccccc3)c(CC(=O)NCc3cccc4[nH]ccc34)c2o1. The quantitative estimate of drug-likeness (QED) is 0.438. The lowest BCUT2D eigenvalue weighted by molar-refractivity contribution is -0.120. The van der Waals surface area contributed by atoms with E-state index in [1.807, 2.05) is 60.8 Å². The second-order valence-electron chi connectivity index (χ2n) is 7.46. The number of nitrogens with one attached hydrogen (secondary N) is 2. The molecule has 2 aromatic carbocycles. The molecule has 31 heavy (non-hydrogen) atoms. The highest BCUT2D eigenvalue weighted by Gasteiger charge is 2.22. The van der Waals surface area contributed by atoms with Gasteiger partial charge in [-0.05, 0) is 24.6 Å². The first kappa shape index (κ1) is 18.9. The summed E-state index contributed by atoms with van der Waals surface area (Å²) in [5.74, 6) is 0.764. The summed E-state index contributed by atoms with van der Waals surface area (Å²) in [7, 11) is 0. The minimum atomic E-state index is -0.262. The Morgan fingerprint density at radius 3 is 2.68 bits per heavy atom. The van der Waals surface area contributed by atoms with E-state index in [4.69, 9.17) is 8.83 Å². The lowest BCUT2D eigenvalue weighted by atomic mass is 10.1. The molecule has 0 aliphatic heterocycles. The van der Waals surface area contributed by atoms with Gasteiger partial charge < -0.3 is 19.1 Å². The number of benzene rings is 2. The van der Waals surface area contributed by atoms with Gasteiger partial charge in [-0.25, -0.2) is 0 Å². The van der Waals surface area contributed by atoms with Crippen LogP contribution in [0.5, 0.6) is 0 Å². The maximum Gasteiger partial charge on any atom is 0.228 e. The molecule has 0 radical (unpaired) electrons. The van der Waals surface area contributed by atoms with Gasteiger partial charge in [-0.3, -0.25) is 9.59 Å². The van der Waals surface area contributed by atoms with Gasteiger partial charge in [-0.1, -0.05) is 42.5 Å². The fraction of sp³-hybridized carbons (Fsp3) is 0.120. The number of furan rings is 1. The number of carbonyl (C=O) groups excluding carboxylic acids is 1. The van der Waals surface area contributed by atoms with Crippen LogP contribution in [0.1, 0.15) is 16.9 Å². The Hall–Kier alpha value is -4.06. The number of fused-ring (bicyclic) bond motifs is 2. The Kier molecular flexibility index (Phi) is 4.67. The minimum Gasteiger partial charge on any atom is -0.457 e. The topological polar surface area (TPSA) is 88.2 Å². The second kappa shape index (κ2) is 7.65. The zero-order valence-electron chi connectivity index (χ0n) is 16.9. The van der Waals surface area contributed by atoms with Gasteiger partial charge in [0.25, 0.3) is 0 Å². The average molecular weight is 412 g/mol. The number of aryl methyl sites for hydroxylation is 1. The van der Waals surface area contributed by atoms with Crippen LogP contribution in [0.15, 0.2) is 80.5 Å². The van der Waals surface area contributed by atoms with Gasteiger partial charge in [-0.2, -0.15) is 0 Å². The van der Waals surface area contributed by atoms with Gasteiger partial charge in [0.1, 0.15) is 11.5 Å². The van der Waals surface area contributed by atoms with Gasteiger partial charge in [0.2, 0.25) is 16.9 Å². The molecule has 0 spiro atoms. The molecule has 0 unspecified atom stereocenters. The normalized spacial score (nSPS) is 11.3. The molecule has 0 saturated heterocycles. The molecule has 5 aromatic rings. The summed E-state index contributed by atoms with van der Waals surface area (Å²) in [5, 5.41) is 4.05. The van der Waals surface area contributed by atoms with E-state index in [2.05, 4.69) is 10.3 Å². The fourth-order valence-corrected chi connectivity index (χ4v) is 3.87. The Morgan fingerprint density at radius 1 is 1.00 bits per heavy atom. The fourth-order valence-electron chi connectivity index (χ4n) is 3.87. The number of rotatable bonds is 5. The lowest BCUT2D eigenvalue weighted by Gasteiger charge is -2.07. The molecule has 3 aromatic heterocycles. The molecule has 1 amide bonds. The molecule has 0 fully saturated rings. The van der Waals surface area contributed by atoms with Crippen LogP contribution in [0.2, 0.25) is 0 Å². The van der Waals surface area contributed by atoms with Crippen molar-refractivity contribution in [3.8, 4) is 11.3 Å². The zero-order valence-corrected chi connectivity index (χ0v) is 16.9. The molecule has 154 valence electrons. The molecule has 0 aliphatic rings. The Morgan fingerprint density at radius 2 is 1.84 bits per heavy atom. The molecule has 0 saturated carbocycles. The van der Waals surface area contributed by atoms with Crippen LogP contribution in [-0.2, 0) is 17.8 Å². The number of H-pyrrole nitrogens is 1. The van der Waals surface area contributed by atoms with Crippen molar-refractivity contribution in [3.63, 3.8) is 0 Å². The van der Waals surface area contributed by atoms with Crippen molar-refractivity contribution in [1.82, 2.24) is 10.3 Å². The van der Waals surface area contributed by atoms with Gasteiger partial charge >= 0.3 is 0 Å². The van der Waals surface area contributed by atoms with E-state index in [9.17, 15) is 9.59 Å². The van der Waals surface area contributed by atoms with Crippen molar-refractivity contribution >= 4 is 28.0 Å². The molecule has 2 N–H and O–H groups in total. The maximum absolute atomic E-state index is 12.9. The Bertz CT molecular complexity index is 1460. The first-order valence-electron chi connectivity index (χ1n) is 10.0. The Labute approximate surface area is 177 Å². The van der Waals surface area contributed by atoms with Gasteiger partial charge in [0.15, 0.2) is 5.58 Å². The van der Waals surface area contributed by atoms with E-state index in [-0.39, 0.29) is 23.3 Å². The van der Waals surface area contributed by atoms with Gasteiger partial charge in [0, 0.05) is 35.3 Å². The minimum absolute atomic E-state index is 0.0345. The van der Waals surface area contributed by atoms with E-state index in [1.165, 1.54) is 6.07 Å². The van der Waals surface area contributed by atoms with E-state index in [1.54, 1.807) is 6.92 Å². The number of aromatic amines is 1. The van der Waals surface area contributed by atoms with Crippen LogP contribution in [0, 0.1) is 6.92 Å². The largest absolute Gasteiger partial charge is 0.457 e. The van der Waals surface area contributed by atoms with E-state index in [0.717, 1.165) is 22.0 Å². The smallest absolute Gasteiger partial charge is 0.228 e. The van der Waals surface area contributed by atoms with Gasteiger partial charge in [-0.15, -0.1) is 0 Å². The van der Waals surface area contributed by atoms with E-state index < -0.39 is 0 Å². The average Bonchev–Trinajstić information content (AvgIpc) is 3.39. The predicted octanol–water partition coefficient (Wildman–Crippen LogP) is 4.70. The highest BCUT2D eigenvalue weighted by molar-refractivity contribution is 5.90. The van der Waals surface area contributed by atoms with Crippen LogP contribution in [0.3, 0.4) is 0 Å². The van der Waals surface area contributed by atoms with Crippen LogP contribution < -0.4 is 10.7 Å². The summed E-state index contributed by atoms with van der Waals surface area (Å²) < 4.78 is 11.7. The first-order valence-corrected chi connectivity index (χ1v) is 10.0. The van der Waals surface area contributed by atoms with Crippen LogP contribution in [0.25, 0.3) is 33.4 Å². The Balaban J connectivity index is 1.48. The lowest BCUT2D eigenvalue weighted by Crippen LogP contribution is -2.24. The third-order valence-electron chi connectivity index (χ3n) is 5.31. The predicted molar refractivity (Wildman–Crippen MR) is 119 cm³/mol. The third-order valence-corrected chi connectivity index (χ3v) is 5.31. The van der Waals surface area contributed by atoms with Crippen LogP contribution >= 0.6 is 0 Å². The maximum atomic E-state index is 12.9. The highest BCUT2D eigenvalue weighted by atomic mass is 16.4. The number of aromatic nitrogens is 1. The van der Waals surface area contributed by atoms with E-state index >= 15 is 0 Å².